The quantitative estimate of drug-likeness (QED) is 0.202. The van der Waals surface area contributed by atoms with Crippen LogP contribution < -0.4 is 21.7 Å². The van der Waals surface area contributed by atoms with E-state index in [0.29, 0.717) is 12.2 Å². The minimum absolute atomic E-state index is 0.129. The van der Waals surface area contributed by atoms with E-state index >= 15 is 0 Å². The number of nitrogens with one attached hydrogen (secondary N) is 3. The van der Waals surface area contributed by atoms with Crippen molar-refractivity contribution in [1.82, 2.24) is 16.0 Å². The van der Waals surface area contributed by atoms with Gasteiger partial charge in [0.1, 0.15) is 18.1 Å². The van der Waals surface area contributed by atoms with Crippen molar-refractivity contribution < 1.29 is 24.3 Å². The van der Waals surface area contributed by atoms with Crippen molar-refractivity contribution in [2.45, 2.75) is 64.7 Å². The summed E-state index contributed by atoms with van der Waals surface area (Å²) in [5, 5.41) is 17.2. The Balaban J connectivity index is 5.38. The monoisotopic (exact) mass is 464 g/mol. The molecule has 30 heavy (non-hydrogen) atoms. The number of thiol groups is 1. The number of hydrogen-bond acceptors (Lipinski definition) is 7. The number of hydrogen-bond donors (Lipinski definition) is 6. The molecule has 0 bridgehead atoms. The third-order valence-electron chi connectivity index (χ3n) is 4.80. The lowest BCUT2D eigenvalue weighted by Crippen LogP contribution is -2.60. The van der Waals surface area contributed by atoms with Crippen molar-refractivity contribution in [2.24, 2.45) is 17.6 Å². The van der Waals surface area contributed by atoms with Crippen molar-refractivity contribution in [1.29, 1.82) is 0 Å². The first-order valence-corrected chi connectivity index (χ1v) is 12.0. The summed E-state index contributed by atoms with van der Waals surface area (Å²) in [6.07, 6.45) is 2.73. The number of carbonyl (C=O) groups excluding carboxylic acids is 3. The lowest BCUT2D eigenvalue weighted by atomic mass is 9.96. The van der Waals surface area contributed by atoms with Gasteiger partial charge in [0.15, 0.2) is 0 Å². The summed E-state index contributed by atoms with van der Waals surface area (Å²) >= 11 is 5.48. The molecule has 174 valence electrons. The van der Waals surface area contributed by atoms with Crippen LogP contribution in [0.25, 0.3) is 0 Å². The van der Waals surface area contributed by atoms with Gasteiger partial charge in [0.25, 0.3) is 0 Å². The van der Waals surface area contributed by atoms with E-state index in [1.807, 2.05) is 20.1 Å². The number of carboxylic acid groups (broad SMARTS) is 1. The average Bonchev–Trinajstić information content (AvgIpc) is 2.70. The van der Waals surface area contributed by atoms with Crippen molar-refractivity contribution in [2.75, 3.05) is 17.8 Å². The molecular weight excluding hydrogens is 428 g/mol. The van der Waals surface area contributed by atoms with Gasteiger partial charge in [-0.15, -0.1) is 0 Å². The van der Waals surface area contributed by atoms with E-state index in [-0.39, 0.29) is 24.0 Å². The van der Waals surface area contributed by atoms with Crippen molar-refractivity contribution in [3.05, 3.63) is 0 Å². The van der Waals surface area contributed by atoms with Crippen molar-refractivity contribution in [3.63, 3.8) is 0 Å². The topological polar surface area (TPSA) is 151 Å². The number of carbonyl (C=O) groups is 4. The van der Waals surface area contributed by atoms with Gasteiger partial charge in [0.05, 0.1) is 6.04 Å². The summed E-state index contributed by atoms with van der Waals surface area (Å²) in [5.74, 6) is -2.52. The van der Waals surface area contributed by atoms with Crippen molar-refractivity contribution in [3.8, 4) is 0 Å². The highest BCUT2D eigenvalue weighted by atomic mass is 32.2. The summed E-state index contributed by atoms with van der Waals surface area (Å²) in [6, 6.07) is -3.73. The van der Waals surface area contributed by atoms with Gasteiger partial charge in [-0.25, -0.2) is 4.79 Å². The molecule has 9 nitrogen and oxygen atoms in total. The van der Waals surface area contributed by atoms with Crippen LogP contribution in [0.5, 0.6) is 0 Å². The summed E-state index contributed by atoms with van der Waals surface area (Å²) in [5.41, 5.74) is 5.69. The Labute approximate surface area is 188 Å². The van der Waals surface area contributed by atoms with Gasteiger partial charge >= 0.3 is 5.97 Å². The van der Waals surface area contributed by atoms with Crippen LogP contribution in [0.1, 0.15) is 40.5 Å². The Morgan fingerprint density at radius 3 is 1.97 bits per heavy atom. The van der Waals surface area contributed by atoms with Crippen LogP contribution in [0.2, 0.25) is 0 Å². The maximum atomic E-state index is 12.9. The molecule has 0 aliphatic carbocycles. The third-order valence-corrected chi connectivity index (χ3v) is 5.84. The number of amides is 3. The van der Waals surface area contributed by atoms with E-state index in [1.165, 1.54) is 11.8 Å². The molecule has 0 saturated heterocycles. The Kier molecular flexibility index (Phi) is 13.8. The van der Waals surface area contributed by atoms with E-state index in [0.717, 1.165) is 0 Å². The highest BCUT2D eigenvalue weighted by molar-refractivity contribution is 7.98. The highest BCUT2D eigenvalue weighted by Crippen LogP contribution is 2.11. The highest BCUT2D eigenvalue weighted by Gasteiger charge is 2.33. The second-order valence-electron chi connectivity index (χ2n) is 7.57. The maximum Gasteiger partial charge on any atom is 0.326 e. The average molecular weight is 465 g/mol. The predicted octanol–water partition coefficient (Wildman–Crippen LogP) is 0.238. The number of thioether (sulfide) groups is 1. The molecule has 5 unspecified atom stereocenters. The standard InChI is InChI=1S/C19H36N4O5S2/c1-6-11(4)15(23-16(24)12(20)9-29)18(26)22-14(10(2)3)17(25)21-13(19(27)28)7-8-30-5/h10-15,29H,6-9,20H2,1-5H3,(H,21,25)(H,22,26)(H,23,24)(H,27,28). The van der Waals surface area contributed by atoms with Crippen LogP contribution in [0, 0.1) is 11.8 Å². The van der Waals surface area contributed by atoms with E-state index < -0.39 is 47.9 Å². The fourth-order valence-electron chi connectivity index (χ4n) is 2.58. The molecule has 0 fully saturated rings. The first-order valence-electron chi connectivity index (χ1n) is 9.99. The van der Waals surface area contributed by atoms with Crippen LogP contribution in [-0.4, -0.2) is 70.7 Å². The zero-order valence-electron chi connectivity index (χ0n) is 18.3. The Hall–Kier alpha value is -1.46. The maximum absolute atomic E-state index is 12.9. The molecule has 0 aromatic carbocycles. The minimum atomic E-state index is -1.13. The second kappa shape index (κ2) is 14.5. The van der Waals surface area contributed by atoms with Gasteiger partial charge in [-0.2, -0.15) is 24.4 Å². The molecule has 0 heterocycles. The molecule has 0 rings (SSSR count). The normalized spacial score (nSPS) is 16.1. The summed E-state index contributed by atoms with van der Waals surface area (Å²) in [4.78, 5) is 49.2. The molecule has 3 amide bonds. The molecule has 11 heteroatoms. The largest absolute Gasteiger partial charge is 0.480 e. The zero-order valence-corrected chi connectivity index (χ0v) is 20.0. The smallest absolute Gasteiger partial charge is 0.326 e. The molecule has 0 spiro atoms. The molecule has 0 saturated carbocycles. The second-order valence-corrected chi connectivity index (χ2v) is 8.92. The summed E-state index contributed by atoms with van der Waals surface area (Å²) in [6.45, 7) is 7.18. The molecule has 5 atom stereocenters. The van der Waals surface area contributed by atoms with Crippen LogP contribution in [0.4, 0.5) is 0 Å². The lowest BCUT2D eigenvalue weighted by Gasteiger charge is -2.29. The summed E-state index contributed by atoms with van der Waals surface area (Å²) < 4.78 is 0. The molecule has 0 radical (unpaired) electrons. The fourth-order valence-corrected chi connectivity index (χ4v) is 3.21. The minimum Gasteiger partial charge on any atom is -0.480 e. The Bertz CT molecular complexity index is 591. The number of rotatable bonds is 14. The predicted molar refractivity (Wildman–Crippen MR) is 123 cm³/mol. The Morgan fingerprint density at radius 1 is 1.00 bits per heavy atom. The van der Waals surface area contributed by atoms with Gasteiger partial charge in [-0.05, 0) is 30.3 Å². The number of carboxylic acids is 1. The number of nitrogens with two attached hydrogens (primary N) is 1. The molecule has 0 aliphatic heterocycles. The van der Waals surface area contributed by atoms with Crippen LogP contribution in [-0.2, 0) is 19.2 Å². The van der Waals surface area contributed by atoms with Crippen LogP contribution >= 0.6 is 24.4 Å². The van der Waals surface area contributed by atoms with Crippen LogP contribution in [0.3, 0.4) is 0 Å². The van der Waals surface area contributed by atoms with Gasteiger partial charge in [-0.1, -0.05) is 34.1 Å². The third kappa shape index (κ3) is 9.57. The van der Waals surface area contributed by atoms with Gasteiger partial charge in [0.2, 0.25) is 17.7 Å². The zero-order chi connectivity index (χ0) is 23.4. The first kappa shape index (κ1) is 28.5. The summed E-state index contributed by atoms with van der Waals surface area (Å²) in [7, 11) is 0. The van der Waals surface area contributed by atoms with E-state index in [9.17, 15) is 24.3 Å². The molecule has 0 aliphatic rings. The molecule has 6 N–H and O–H groups in total. The molecule has 0 aromatic rings. The first-order chi connectivity index (χ1) is 14.0. The molecular formula is C19H36N4O5S2. The van der Waals surface area contributed by atoms with E-state index in [2.05, 4.69) is 28.6 Å². The van der Waals surface area contributed by atoms with Crippen LogP contribution in [0.15, 0.2) is 0 Å². The van der Waals surface area contributed by atoms with Gasteiger partial charge in [-0.3, -0.25) is 14.4 Å². The Morgan fingerprint density at radius 2 is 1.53 bits per heavy atom. The van der Waals surface area contributed by atoms with Crippen molar-refractivity contribution >= 4 is 48.1 Å². The van der Waals surface area contributed by atoms with E-state index in [1.54, 1.807) is 13.8 Å². The SMILES string of the molecule is CCC(C)C(NC(=O)C(N)CS)C(=O)NC(C(=O)NC(CCSC)C(=O)O)C(C)C. The fraction of sp³-hybridized carbons (Fsp3) is 0.789. The van der Waals surface area contributed by atoms with E-state index in [4.69, 9.17) is 5.73 Å². The molecule has 0 aromatic heterocycles. The lowest BCUT2D eigenvalue weighted by molar-refractivity contribution is -0.142. The number of aliphatic carboxylic acids is 1. The van der Waals surface area contributed by atoms with Gasteiger partial charge in [0, 0.05) is 5.75 Å². The van der Waals surface area contributed by atoms with Gasteiger partial charge < -0.3 is 26.8 Å².